The maximum Gasteiger partial charge on any atom is 0.490 e. The first kappa shape index (κ1) is 27.5. The van der Waals surface area contributed by atoms with Crippen LogP contribution in [0.3, 0.4) is 0 Å². The molecule has 0 aliphatic carbocycles. The molecule has 0 fully saturated rings. The highest BCUT2D eigenvalue weighted by molar-refractivity contribution is 6.30. The second-order valence-electron chi connectivity index (χ2n) is 8.31. The molecule has 11 heteroatoms. The molecule has 1 N–H and O–H groups in total. The van der Waals surface area contributed by atoms with Gasteiger partial charge in [-0.15, -0.1) is 0 Å². The molecule has 36 heavy (non-hydrogen) atoms. The van der Waals surface area contributed by atoms with Gasteiger partial charge in [-0.2, -0.15) is 13.2 Å². The van der Waals surface area contributed by atoms with Crippen LogP contribution in [0.2, 0.25) is 10.0 Å². The summed E-state index contributed by atoms with van der Waals surface area (Å²) < 4.78 is 48.5. The van der Waals surface area contributed by atoms with Gasteiger partial charge in [-0.1, -0.05) is 52.6 Å². The van der Waals surface area contributed by atoms with Gasteiger partial charge in [-0.05, 0) is 62.6 Å². The van der Waals surface area contributed by atoms with Crippen LogP contribution in [0.4, 0.5) is 13.2 Å². The van der Waals surface area contributed by atoms with Crippen molar-refractivity contribution in [1.29, 1.82) is 0 Å². The van der Waals surface area contributed by atoms with E-state index in [0.29, 0.717) is 16.5 Å². The zero-order chi connectivity index (χ0) is 26.6. The van der Waals surface area contributed by atoms with Gasteiger partial charge in [0, 0.05) is 22.0 Å². The van der Waals surface area contributed by atoms with E-state index in [1.807, 2.05) is 12.1 Å². The third kappa shape index (κ3) is 6.79. The fourth-order valence-electron chi connectivity index (χ4n) is 3.85. The second-order valence-corrected chi connectivity index (χ2v) is 9.18. The van der Waals surface area contributed by atoms with Crippen LogP contribution in [0.1, 0.15) is 47.1 Å². The number of hydrogen-bond donors (Lipinski definition) is 1. The van der Waals surface area contributed by atoms with Crippen molar-refractivity contribution in [2.45, 2.75) is 51.4 Å². The molecule has 192 valence electrons. The molecule has 0 bridgehead atoms. The number of amides is 1. The summed E-state index contributed by atoms with van der Waals surface area (Å²) in [7, 11) is 0. The van der Waals surface area contributed by atoms with Crippen molar-refractivity contribution in [3.05, 3.63) is 86.7 Å². The predicted molar refractivity (Wildman–Crippen MR) is 128 cm³/mol. The number of aryl methyl sites for hydroxylation is 2. The fraction of sp³-hybridized carbons (Fsp3) is 0.320. The number of carbonyl (C=O) groups is 2. The lowest BCUT2D eigenvalue weighted by molar-refractivity contribution is -0.205. The maximum absolute atomic E-state index is 13.2. The number of rotatable bonds is 8. The Morgan fingerprint density at radius 2 is 1.58 bits per heavy atom. The largest absolute Gasteiger partial charge is 0.490 e. The van der Waals surface area contributed by atoms with E-state index in [9.17, 15) is 22.8 Å². The Kier molecular flexibility index (Phi) is 8.68. The molecule has 3 aromatic rings. The molecule has 0 radical (unpaired) electrons. The minimum Gasteiger partial charge on any atom is -0.440 e. The lowest BCUT2D eigenvalue weighted by atomic mass is 9.86. The van der Waals surface area contributed by atoms with E-state index in [1.54, 1.807) is 43.3 Å². The number of nitrogens with one attached hydrogen (secondary N) is 1. The third-order valence-electron chi connectivity index (χ3n) is 5.69. The van der Waals surface area contributed by atoms with Crippen LogP contribution in [-0.2, 0) is 20.7 Å². The van der Waals surface area contributed by atoms with Gasteiger partial charge in [-0.3, -0.25) is 4.79 Å². The summed E-state index contributed by atoms with van der Waals surface area (Å²) >= 11 is 12.0. The molecule has 1 heterocycles. The number of carbonyl (C=O) groups excluding carboxylic acids is 2. The predicted octanol–water partition coefficient (Wildman–Crippen LogP) is 6.28. The van der Waals surface area contributed by atoms with Crippen molar-refractivity contribution in [3.63, 3.8) is 0 Å². The molecule has 3 unspecified atom stereocenters. The lowest BCUT2D eigenvalue weighted by Crippen LogP contribution is -2.42. The fourth-order valence-corrected chi connectivity index (χ4v) is 4.10. The first-order valence-electron chi connectivity index (χ1n) is 10.9. The normalized spacial score (nSPS) is 14.1. The first-order chi connectivity index (χ1) is 16.9. The Morgan fingerprint density at radius 3 is 2.08 bits per heavy atom. The summed E-state index contributed by atoms with van der Waals surface area (Å²) in [6.45, 7) is 4.56. The van der Waals surface area contributed by atoms with Crippen molar-refractivity contribution in [1.82, 2.24) is 10.5 Å². The van der Waals surface area contributed by atoms with Crippen LogP contribution >= 0.6 is 23.2 Å². The van der Waals surface area contributed by atoms with Crippen LogP contribution < -0.4 is 5.32 Å². The summed E-state index contributed by atoms with van der Waals surface area (Å²) in [6.07, 6.45) is -6.73. The van der Waals surface area contributed by atoms with E-state index in [-0.39, 0.29) is 22.9 Å². The third-order valence-corrected chi connectivity index (χ3v) is 6.19. The zero-order valence-corrected chi connectivity index (χ0v) is 21.0. The summed E-state index contributed by atoms with van der Waals surface area (Å²) in [4.78, 5) is 24.9. The van der Waals surface area contributed by atoms with E-state index >= 15 is 0 Å². The molecule has 0 saturated carbocycles. The van der Waals surface area contributed by atoms with Crippen LogP contribution in [0.15, 0.2) is 53.1 Å². The number of ether oxygens (including phenoxy) is 1. The summed E-state index contributed by atoms with van der Waals surface area (Å²) in [6, 6.07) is 13.6. The molecule has 0 aliphatic rings. The quantitative estimate of drug-likeness (QED) is 0.339. The zero-order valence-electron chi connectivity index (χ0n) is 19.5. The molecular formula is C25H23Cl2F3N2O4. The van der Waals surface area contributed by atoms with Crippen molar-refractivity contribution in [3.8, 4) is 0 Å². The molecule has 3 atom stereocenters. The van der Waals surface area contributed by atoms with E-state index in [0.717, 1.165) is 11.1 Å². The summed E-state index contributed by atoms with van der Waals surface area (Å²) in [5.74, 6) is -3.68. The number of esters is 1. The Hall–Kier alpha value is -3.04. The molecule has 0 aliphatic heterocycles. The van der Waals surface area contributed by atoms with Crippen molar-refractivity contribution in [2.75, 3.05) is 0 Å². The molecule has 2 aromatic carbocycles. The summed E-state index contributed by atoms with van der Waals surface area (Å²) in [5, 5.41) is 7.48. The number of alkyl halides is 3. The average molecular weight is 543 g/mol. The molecule has 1 amide bonds. The van der Waals surface area contributed by atoms with Crippen LogP contribution in [0.5, 0.6) is 0 Å². The molecule has 0 saturated heterocycles. The van der Waals surface area contributed by atoms with Crippen LogP contribution in [0.25, 0.3) is 0 Å². The highest BCUT2D eigenvalue weighted by atomic mass is 35.5. The second kappa shape index (κ2) is 11.3. The van der Waals surface area contributed by atoms with Gasteiger partial charge in [0.1, 0.15) is 5.76 Å². The van der Waals surface area contributed by atoms with Gasteiger partial charge in [0.05, 0.1) is 11.3 Å². The van der Waals surface area contributed by atoms with Gasteiger partial charge < -0.3 is 14.6 Å². The number of hydrogen-bond acceptors (Lipinski definition) is 5. The number of benzene rings is 2. The molecule has 1 aromatic heterocycles. The van der Waals surface area contributed by atoms with Gasteiger partial charge in [-0.25, -0.2) is 4.79 Å². The molecular weight excluding hydrogens is 520 g/mol. The topological polar surface area (TPSA) is 81.4 Å². The number of nitrogens with zero attached hydrogens (tertiary/aromatic N) is 1. The lowest BCUT2D eigenvalue weighted by Gasteiger charge is -2.28. The standard InChI is InChI=1S/C25H23Cl2F3N2O4/c1-13(20(17-6-10-19(27)11-7-17)12-16-4-8-18(26)9-5-16)31-23(33)22(35-24(34)25(28,29)30)21-14(2)32-36-15(21)3/h4-11,13,20,22H,12H2,1-3H3,(H,31,33). The number of aromatic nitrogens is 1. The Labute approximate surface area is 215 Å². The van der Waals surface area contributed by atoms with Crippen LogP contribution in [0, 0.1) is 13.8 Å². The van der Waals surface area contributed by atoms with E-state index < -0.39 is 30.2 Å². The minimum absolute atomic E-state index is 0.0435. The molecule has 0 spiro atoms. The average Bonchev–Trinajstić information content (AvgIpc) is 3.14. The maximum atomic E-state index is 13.2. The Balaban J connectivity index is 1.91. The summed E-state index contributed by atoms with van der Waals surface area (Å²) in [5.41, 5.74) is 1.85. The SMILES string of the molecule is Cc1noc(C)c1C(OC(=O)C(F)(F)F)C(=O)NC(C)C(Cc1ccc(Cl)cc1)c1ccc(Cl)cc1. The van der Waals surface area contributed by atoms with E-state index in [2.05, 4.69) is 15.2 Å². The molecule has 6 nitrogen and oxygen atoms in total. The van der Waals surface area contributed by atoms with Crippen molar-refractivity contribution >= 4 is 35.1 Å². The highest BCUT2D eigenvalue weighted by Crippen LogP contribution is 2.31. The van der Waals surface area contributed by atoms with E-state index in [4.69, 9.17) is 27.7 Å². The van der Waals surface area contributed by atoms with Gasteiger partial charge in [0.25, 0.3) is 5.91 Å². The van der Waals surface area contributed by atoms with E-state index in [1.165, 1.54) is 13.8 Å². The van der Waals surface area contributed by atoms with Crippen molar-refractivity contribution in [2.24, 2.45) is 0 Å². The van der Waals surface area contributed by atoms with Gasteiger partial charge >= 0.3 is 12.1 Å². The highest BCUT2D eigenvalue weighted by Gasteiger charge is 2.45. The smallest absolute Gasteiger partial charge is 0.440 e. The minimum atomic E-state index is -5.29. The monoisotopic (exact) mass is 542 g/mol. The first-order valence-corrected chi connectivity index (χ1v) is 11.6. The van der Waals surface area contributed by atoms with Crippen LogP contribution in [-0.4, -0.2) is 29.3 Å². The van der Waals surface area contributed by atoms with Gasteiger partial charge in [0.15, 0.2) is 0 Å². The van der Waals surface area contributed by atoms with Gasteiger partial charge in [0.2, 0.25) is 6.10 Å². The van der Waals surface area contributed by atoms with Crippen molar-refractivity contribution < 1.29 is 32.0 Å². The number of halogens is 5. The molecule has 3 rings (SSSR count). The Bertz CT molecular complexity index is 1190. The Morgan fingerprint density at radius 1 is 1.03 bits per heavy atom.